The topological polar surface area (TPSA) is 66.5 Å². The lowest BCUT2D eigenvalue weighted by atomic mass is 10.2. The number of hydrogen-bond acceptors (Lipinski definition) is 3. The summed E-state index contributed by atoms with van der Waals surface area (Å²) < 4.78 is 26.1. The summed E-state index contributed by atoms with van der Waals surface area (Å²) in [4.78, 5) is 12.3. The third kappa shape index (κ3) is 4.84. The van der Waals surface area contributed by atoms with E-state index in [-0.39, 0.29) is 6.54 Å². The van der Waals surface area contributed by atoms with Crippen molar-refractivity contribution in [3.63, 3.8) is 0 Å². The monoisotopic (exact) mass is 478 g/mol. The molecule has 2 aromatic carbocycles. The molecule has 8 heteroatoms. The van der Waals surface area contributed by atoms with E-state index in [1.54, 1.807) is 49.4 Å². The normalized spacial score (nSPS) is 11.2. The molecular formula is C16H16ClIN2O3S. The molecule has 0 unspecified atom stereocenters. The van der Waals surface area contributed by atoms with Crippen LogP contribution in [0.2, 0.25) is 5.02 Å². The van der Waals surface area contributed by atoms with E-state index in [2.05, 4.69) is 27.9 Å². The van der Waals surface area contributed by atoms with Crippen molar-refractivity contribution in [3.8, 4) is 0 Å². The van der Waals surface area contributed by atoms with Crippen LogP contribution in [0.1, 0.15) is 5.56 Å². The number of rotatable bonds is 5. The van der Waals surface area contributed by atoms with Crippen LogP contribution in [0.4, 0.5) is 11.4 Å². The van der Waals surface area contributed by atoms with Crippen molar-refractivity contribution < 1.29 is 13.2 Å². The van der Waals surface area contributed by atoms with Crippen LogP contribution >= 0.6 is 34.2 Å². The minimum absolute atomic E-state index is 0.314. The Kier molecular flexibility index (Phi) is 6.11. The maximum Gasteiger partial charge on any atom is 0.245 e. The zero-order valence-corrected chi connectivity index (χ0v) is 16.8. The molecule has 0 aliphatic heterocycles. The molecule has 0 fully saturated rings. The van der Waals surface area contributed by atoms with Gasteiger partial charge in [0.2, 0.25) is 15.9 Å². The SMILES string of the molecule is Cc1c(Cl)cccc1NC(=O)CN(c1ccc(I)cc1)S(C)(=O)=O. The van der Waals surface area contributed by atoms with E-state index >= 15 is 0 Å². The molecule has 0 heterocycles. The van der Waals surface area contributed by atoms with Gasteiger partial charge in [0.1, 0.15) is 6.54 Å². The van der Waals surface area contributed by atoms with Crippen LogP contribution in [0, 0.1) is 10.5 Å². The maximum absolute atomic E-state index is 12.3. The molecule has 0 spiro atoms. The summed E-state index contributed by atoms with van der Waals surface area (Å²) in [5.74, 6) is -0.440. The second-order valence-electron chi connectivity index (χ2n) is 5.21. The van der Waals surface area contributed by atoms with Crippen molar-refractivity contribution in [2.45, 2.75) is 6.92 Å². The lowest BCUT2D eigenvalue weighted by Crippen LogP contribution is -2.37. The van der Waals surface area contributed by atoms with Gasteiger partial charge in [0.05, 0.1) is 11.9 Å². The fourth-order valence-corrected chi connectivity index (χ4v) is 3.46. The van der Waals surface area contributed by atoms with Gasteiger partial charge in [-0.15, -0.1) is 0 Å². The largest absolute Gasteiger partial charge is 0.324 e. The highest BCUT2D eigenvalue weighted by Crippen LogP contribution is 2.23. The summed E-state index contributed by atoms with van der Waals surface area (Å²) in [6.07, 6.45) is 1.07. The Morgan fingerprint density at radius 3 is 2.42 bits per heavy atom. The molecule has 0 aliphatic carbocycles. The van der Waals surface area contributed by atoms with Gasteiger partial charge in [0.25, 0.3) is 0 Å². The van der Waals surface area contributed by atoms with E-state index < -0.39 is 15.9 Å². The van der Waals surface area contributed by atoms with Crippen LogP contribution in [0.5, 0.6) is 0 Å². The fraction of sp³-hybridized carbons (Fsp3) is 0.188. The lowest BCUT2D eigenvalue weighted by molar-refractivity contribution is -0.114. The van der Waals surface area contributed by atoms with Gasteiger partial charge < -0.3 is 5.32 Å². The average Bonchev–Trinajstić information content (AvgIpc) is 2.49. The molecule has 0 radical (unpaired) electrons. The summed E-state index contributed by atoms with van der Waals surface area (Å²) in [5.41, 5.74) is 1.73. The van der Waals surface area contributed by atoms with Crippen LogP contribution in [-0.4, -0.2) is 27.1 Å². The van der Waals surface area contributed by atoms with Crippen LogP contribution < -0.4 is 9.62 Å². The molecule has 1 amide bonds. The predicted molar refractivity (Wildman–Crippen MR) is 106 cm³/mol. The first-order chi connectivity index (χ1) is 11.2. The predicted octanol–water partition coefficient (Wildman–Crippen LogP) is 3.66. The number of sulfonamides is 1. The van der Waals surface area contributed by atoms with Crippen molar-refractivity contribution in [2.75, 3.05) is 22.4 Å². The van der Waals surface area contributed by atoms with Crippen molar-refractivity contribution in [1.82, 2.24) is 0 Å². The Morgan fingerprint density at radius 2 is 1.83 bits per heavy atom. The molecule has 0 saturated heterocycles. The second-order valence-corrected chi connectivity index (χ2v) is 8.77. The third-order valence-electron chi connectivity index (χ3n) is 3.34. The minimum Gasteiger partial charge on any atom is -0.324 e. The molecule has 24 heavy (non-hydrogen) atoms. The molecule has 0 saturated carbocycles. The van der Waals surface area contributed by atoms with Crippen molar-refractivity contribution in [3.05, 3.63) is 56.6 Å². The first-order valence-electron chi connectivity index (χ1n) is 6.97. The number of amides is 1. The Labute approximate surface area is 160 Å². The quantitative estimate of drug-likeness (QED) is 0.667. The van der Waals surface area contributed by atoms with Gasteiger partial charge in [-0.05, 0) is 71.5 Å². The number of carbonyl (C=O) groups excluding carboxylic acids is 1. The van der Waals surface area contributed by atoms with Crippen molar-refractivity contribution >= 4 is 61.5 Å². The highest BCUT2D eigenvalue weighted by Gasteiger charge is 2.21. The first-order valence-corrected chi connectivity index (χ1v) is 10.3. The maximum atomic E-state index is 12.3. The molecular weight excluding hydrogens is 463 g/mol. The van der Waals surface area contributed by atoms with Gasteiger partial charge in [-0.2, -0.15) is 0 Å². The van der Waals surface area contributed by atoms with Crippen LogP contribution in [0.15, 0.2) is 42.5 Å². The summed E-state index contributed by atoms with van der Waals surface area (Å²) in [7, 11) is -3.59. The summed E-state index contributed by atoms with van der Waals surface area (Å²) >= 11 is 8.16. The van der Waals surface area contributed by atoms with Gasteiger partial charge >= 0.3 is 0 Å². The number of carbonyl (C=O) groups is 1. The molecule has 5 nitrogen and oxygen atoms in total. The minimum atomic E-state index is -3.59. The third-order valence-corrected chi connectivity index (χ3v) is 5.61. The first kappa shape index (κ1) is 19.0. The summed E-state index contributed by atoms with van der Waals surface area (Å²) in [6, 6.07) is 12.1. The number of benzene rings is 2. The fourth-order valence-electron chi connectivity index (χ4n) is 2.07. The molecule has 2 rings (SSSR count). The molecule has 2 aromatic rings. The number of anilines is 2. The Hall–Kier alpha value is -1.32. The second kappa shape index (κ2) is 7.71. The van der Waals surface area contributed by atoms with E-state index in [0.29, 0.717) is 16.4 Å². The summed E-state index contributed by atoms with van der Waals surface area (Å²) in [6.45, 7) is 1.47. The van der Waals surface area contributed by atoms with Crippen molar-refractivity contribution in [2.24, 2.45) is 0 Å². The number of nitrogens with one attached hydrogen (secondary N) is 1. The van der Waals surface area contributed by atoms with Crippen molar-refractivity contribution in [1.29, 1.82) is 0 Å². The number of halogens is 2. The standard InChI is InChI=1S/C16H16ClIN2O3S/c1-11-14(17)4-3-5-15(11)19-16(21)10-20(24(2,22)23)13-8-6-12(18)7-9-13/h3-9H,10H2,1-2H3,(H,19,21). The molecule has 128 valence electrons. The van der Waals surface area contributed by atoms with E-state index in [1.165, 1.54) is 0 Å². The Balaban J connectivity index is 2.22. The molecule has 0 aromatic heterocycles. The number of nitrogens with zero attached hydrogens (tertiary/aromatic N) is 1. The molecule has 0 atom stereocenters. The Morgan fingerprint density at radius 1 is 1.21 bits per heavy atom. The zero-order chi connectivity index (χ0) is 17.9. The number of hydrogen-bond donors (Lipinski definition) is 1. The lowest BCUT2D eigenvalue weighted by Gasteiger charge is -2.22. The molecule has 0 aliphatic rings. The van der Waals surface area contributed by atoms with Gasteiger partial charge in [0.15, 0.2) is 0 Å². The van der Waals surface area contributed by atoms with Gasteiger partial charge in [-0.3, -0.25) is 9.10 Å². The van der Waals surface area contributed by atoms with E-state index in [0.717, 1.165) is 19.7 Å². The zero-order valence-electron chi connectivity index (χ0n) is 13.1. The molecule has 0 bridgehead atoms. The van der Waals surface area contributed by atoms with Gasteiger partial charge in [-0.25, -0.2) is 8.42 Å². The van der Waals surface area contributed by atoms with Crippen LogP contribution in [0.3, 0.4) is 0 Å². The van der Waals surface area contributed by atoms with E-state index in [1.807, 2.05) is 0 Å². The van der Waals surface area contributed by atoms with Crippen LogP contribution in [0.25, 0.3) is 0 Å². The highest BCUT2D eigenvalue weighted by molar-refractivity contribution is 14.1. The van der Waals surface area contributed by atoms with E-state index in [9.17, 15) is 13.2 Å². The Bertz CT molecular complexity index is 854. The average molecular weight is 479 g/mol. The highest BCUT2D eigenvalue weighted by atomic mass is 127. The van der Waals surface area contributed by atoms with Gasteiger partial charge in [0, 0.05) is 14.3 Å². The van der Waals surface area contributed by atoms with Gasteiger partial charge in [-0.1, -0.05) is 17.7 Å². The molecule has 1 N–H and O–H groups in total. The van der Waals surface area contributed by atoms with Crippen LogP contribution in [-0.2, 0) is 14.8 Å². The summed E-state index contributed by atoms with van der Waals surface area (Å²) in [5, 5.41) is 3.24. The smallest absolute Gasteiger partial charge is 0.245 e. The van der Waals surface area contributed by atoms with E-state index in [4.69, 9.17) is 11.6 Å².